The van der Waals surface area contributed by atoms with Crippen LogP contribution in [0.1, 0.15) is 38.2 Å². The average Bonchev–Trinajstić information content (AvgIpc) is 2.99. The van der Waals surface area contributed by atoms with Gasteiger partial charge in [-0.3, -0.25) is 0 Å². The summed E-state index contributed by atoms with van der Waals surface area (Å²) in [6.45, 7) is 4.45. The van der Waals surface area contributed by atoms with Gasteiger partial charge in [-0.25, -0.2) is 0 Å². The third-order valence-corrected chi connectivity index (χ3v) is 4.98. The van der Waals surface area contributed by atoms with Gasteiger partial charge in [0.2, 0.25) is 0 Å². The Morgan fingerprint density at radius 3 is 2.80 bits per heavy atom. The van der Waals surface area contributed by atoms with Gasteiger partial charge in [-0.2, -0.15) is 0 Å². The maximum Gasteiger partial charge on any atom is 0.175 e. The predicted molar refractivity (Wildman–Crippen MR) is 83.4 cm³/mol. The van der Waals surface area contributed by atoms with Crippen molar-refractivity contribution in [3.63, 3.8) is 0 Å². The fourth-order valence-electron chi connectivity index (χ4n) is 3.17. The molecule has 0 amide bonds. The van der Waals surface area contributed by atoms with Crippen molar-refractivity contribution in [2.24, 2.45) is 5.92 Å². The zero-order valence-corrected chi connectivity index (χ0v) is 13.5. The SMILES string of the molecule is CC(NCc1cc(Br)c2c(c1)OCCO2)C1CCCC1. The molecule has 4 heteroatoms. The normalized spacial score (nSPS) is 20.1. The predicted octanol–water partition coefficient (Wildman–Crippen LogP) is 3.89. The molecule has 1 saturated carbocycles. The van der Waals surface area contributed by atoms with Gasteiger partial charge in [-0.05, 0) is 59.3 Å². The van der Waals surface area contributed by atoms with Gasteiger partial charge in [0.1, 0.15) is 13.2 Å². The van der Waals surface area contributed by atoms with Crippen molar-refractivity contribution < 1.29 is 9.47 Å². The number of benzene rings is 1. The van der Waals surface area contributed by atoms with E-state index in [0.29, 0.717) is 19.3 Å². The average molecular weight is 340 g/mol. The van der Waals surface area contributed by atoms with Crippen LogP contribution in [0.15, 0.2) is 16.6 Å². The Kier molecular flexibility index (Phi) is 4.51. The molecule has 1 N–H and O–H groups in total. The largest absolute Gasteiger partial charge is 0.486 e. The fourth-order valence-corrected chi connectivity index (χ4v) is 3.77. The van der Waals surface area contributed by atoms with E-state index in [9.17, 15) is 0 Å². The van der Waals surface area contributed by atoms with E-state index in [1.807, 2.05) is 0 Å². The van der Waals surface area contributed by atoms with Crippen LogP contribution in [0, 0.1) is 5.92 Å². The zero-order valence-electron chi connectivity index (χ0n) is 12.0. The summed E-state index contributed by atoms with van der Waals surface area (Å²) < 4.78 is 12.3. The highest BCUT2D eigenvalue weighted by molar-refractivity contribution is 9.10. The van der Waals surface area contributed by atoms with E-state index in [1.54, 1.807) is 0 Å². The van der Waals surface area contributed by atoms with Crippen LogP contribution < -0.4 is 14.8 Å². The van der Waals surface area contributed by atoms with Crippen molar-refractivity contribution in [2.45, 2.75) is 45.2 Å². The summed E-state index contributed by atoms with van der Waals surface area (Å²) in [4.78, 5) is 0. The number of rotatable bonds is 4. The molecule has 0 radical (unpaired) electrons. The van der Waals surface area contributed by atoms with Crippen LogP contribution in [0.2, 0.25) is 0 Å². The zero-order chi connectivity index (χ0) is 13.9. The fraction of sp³-hybridized carbons (Fsp3) is 0.625. The molecule has 0 bridgehead atoms. The Balaban J connectivity index is 1.64. The monoisotopic (exact) mass is 339 g/mol. The Morgan fingerprint density at radius 1 is 1.25 bits per heavy atom. The van der Waals surface area contributed by atoms with Crippen molar-refractivity contribution in [2.75, 3.05) is 13.2 Å². The molecule has 110 valence electrons. The lowest BCUT2D eigenvalue weighted by atomic mass is 9.99. The van der Waals surface area contributed by atoms with Gasteiger partial charge < -0.3 is 14.8 Å². The van der Waals surface area contributed by atoms with Crippen LogP contribution >= 0.6 is 15.9 Å². The summed E-state index contributed by atoms with van der Waals surface area (Å²) >= 11 is 3.57. The molecular formula is C16H22BrNO2. The Morgan fingerprint density at radius 2 is 2.00 bits per heavy atom. The van der Waals surface area contributed by atoms with Gasteiger partial charge in [0, 0.05) is 12.6 Å². The molecule has 3 rings (SSSR count). The molecule has 0 saturated heterocycles. The van der Waals surface area contributed by atoms with Gasteiger partial charge in [-0.1, -0.05) is 12.8 Å². The van der Waals surface area contributed by atoms with E-state index in [2.05, 4.69) is 40.3 Å². The molecule has 2 aliphatic rings. The van der Waals surface area contributed by atoms with Crippen LogP contribution in [0.4, 0.5) is 0 Å². The maximum absolute atomic E-state index is 5.67. The number of fused-ring (bicyclic) bond motifs is 1. The lowest BCUT2D eigenvalue weighted by Crippen LogP contribution is -2.31. The molecule has 3 nitrogen and oxygen atoms in total. The van der Waals surface area contributed by atoms with Crippen molar-refractivity contribution in [1.29, 1.82) is 0 Å². The summed E-state index contributed by atoms with van der Waals surface area (Å²) in [6.07, 6.45) is 5.54. The van der Waals surface area contributed by atoms with E-state index in [-0.39, 0.29) is 0 Å². The third kappa shape index (κ3) is 3.12. The summed E-state index contributed by atoms with van der Waals surface area (Å²) in [5.74, 6) is 2.54. The van der Waals surface area contributed by atoms with Gasteiger partial charge in [-0.15, -0.1) is 0 Å². The second-order valence-electron chi connectivity index (χ2n) is 5.82. The topological polar surface area (TPSA) is 30.5 Å². The van der Waals surface area contributed by atoms with E-state index >= 15 is 0 Å². The molecule has 1 aromatic carbocycles. The number of halogens is 1. The minimum absolute atomic E-state index is 0.587. The lowest BCUT2D eigenvalue weighted by molar-refractivity contribution is 0.170. The smallest absolute Gasteiger partial charge is 0.175 e. The summed E-state index contributed by atoms with van der Waals surface area (Å²) in [5, 5.41) is 3.66. The van der Waals surface area contributed by atoms with Gasteiger partial charge in [0.15, 0.2) is 11.5 Å². The molecule has 0 spiro atoms. The number of nitrogens with one attached hydrogen (secondary N) is 1. The van der Waals surface area contributed by atoms with Crippen LogP contribution in [0.5, 0.6) is 11.5 Å². The highest BCUT2D eigenvalue weighted by Crippen LogP contribution is 2.38. The van der Waals surface area contributed by atoms with E-state index in [4.69, 9.17) is 9.47 Å². The first-order chi connectivity index (χ1) is 9.74. The Hall–Kier alpha value is -0.740. The molecular weight excluding hydrogens is 318 g/mol. The van der Waals surface area contributed by atoms with Gasteiger partial charge in [0.05, 0.1) is 4.47 Å². The van der Waals surface area contributed by atoms with Crippen LogP contribution in [0.25, 0.3) is 0 Å². The van der Waals surface area contributed by atoms with Crippen LogP contribution in [-0.4, -0.2) is 19.3 Å². The first kappa shape index (κ1) is 14.2. The Bertz CT molecular complexity index is 472. The third-order valence-electron chi connectivity index (χ3n) is 4.39. The molecule has 20 heavy (non-hydrogen) atoms. The van der Waals surface area contributed by atoms with E-state index in [0.717, 1.165) is 28.4 Å². The molecule has 0 aromatic heterocycles. The van der Waals surface area contributed by atoms with Gasteiger partial charge >= 0.3 is 0 Å². The molecule has 1 aromatic rings. The Labute approximate surface area is 129 Å². The highest BCUT2D eigenvalue weighted by atomic mass is 79.9. The molecule has 1 atom stereocenters. The lowest BCUT2D eigenvalue weighted by Gasteiger charge is -2.23. The number of ether oxygens (including phenoxy) is 2. The second-order valence-corrected chi connectivity index (χ2v) is 6.67. The molecule has 1 fully saturated rings. The first-order valence-corrected chi connectivity index (χ1v) is 8.35. The van der Waals surface area contributed by atoms with Crippen LogP contribution in [0.3, 0.4) is 0 Å². The molecule has 1 aliphatic carbocycles. The highest BCUT2D eigenvalue weighted by Gasteiger charge is 2.21. The standard InChI is InChI=1S/C16H22BrNO2/c1-11(13-4-2-3-5-13)18-10-12-8-14(17)16-15(9-12)19-6-7-20-16/h8-9,11,13,18H,2-7,10H2,1H3. The number of hydrogen-bond donors (Lipinski definition) is 1. The first-order valence-electron chi connectivity index (χ1n) is 7.55. The number of hydrogen-bond acceptors (Lipinski definition) is 3. The van der Waals surface area contributed by atoms with Crippen molar-refractivity contribution in [1.82, 2.24) is 5.32 Å². The van der Waals surface area contributed by atoms with Crippen molar-refractivity contribution >= 4 is 15.9 Å². The maximum atomic E-state index is 5.67. The van der Waals surface area contributed by atoms with Crippen molar-refractivity contribution in [3.05, 3.63) is 22.2 Å². The van der Waals surface area contributed by atoms with Crippen LogP contribution in [-0.2, 0) is 6.54 Å². The minimum atomic E-state index is 0.587. The summed E-state index contributed by atoms with van der Waals surface area (Å²) in [5.41, 5.74) is 1.24. The molecule has 1 aliphatic heterocycles. The summed E-state index contributed by atoms with van der Waals surface area (Å²) in [6, 6.07) is 4.81. The van der Waals surface area contributed by atoms with E-state index < -0.39 is 0 Å². The quantitative estimate of drug-likeness (QED) is 0.902. The molecule has 1 unspecified atom stereocenters. The minimum Gasteiger partial charge on any atom is -0.486 e. The van der Waals surface area contributed by atoms with E-state index in [1.165, 1.54) is 31.2 Å². The van der Waals surface area contributed by atoms with Gasteiger partial charge in [0.25, 0.3) is 0 Å². The summed E-state index contributed by atoms with van der Waals surface area (Å²) in [7, 11) is 0. The van der Waals surface area contributed by atoms with Crippen molar-refractivity contribution in [3.8, 4) is 11.5 Å². The molecule has 1 heterocycles. The second kappa shape index (κ2) is 6.35.